The molecule has 0 aliphatic heterocycles. The van der Waals surface area contributed by atoms with Crippen LogP contribution in [0.25, 0.3) is 0 Å². The number of carbonyl (C=O) groups excluding carboxylic acids is 1. The van der Waals surface area contributed by atoms with Gasteiger partial charge in [-0.15, -0.1) is 0 Å². The number of hydrogen-bond donors (Lipinski definition) is 3. The second-order valence-electron chi connectivity index (χ2n) is 4.84. The molecule has 5 nitrogen and oxygen atoms in total. The van der Waals surface area contributed by atoms with Gasteiger partial charge < -0.3 is 16.4 Å². The van der Waals surface area contributed by atoms with Crippen LogP contribution in [0.15, 0.2) is 0 Å². The highest BCUT2D eigenvalue weighted by Crippen LogP contribution is 2.27. The smallest absolute Gasteiger partial charge is 0.258 e. The molecule has 1 amide bonds. The first-order chi connectivity index (χ1) is 8.95. The lowest BCUT2D eigenvalue weighted by Crippen LogP contribution is -2.31. The van der Waals surface area contributed by atoms with Gasteiger partial charge in [0.2, 0.25) is 0 Å². The number of rotatable bonds is 7. The van der Waals surface area contributed by atoms with Gasteiger partial charge in [0, 0.05) is 12.6 Å². The molecule has 0 aliphatic rings. The fourth-order valence-corrected chi connectivity index (χ4v) is 2.99. The Morgan fingerprint density at radius 3 is 2.74 bits per heavy atom. The predicted octanol–water partition coefficient (Wildman–Crippen LogP) is 2.27. The third-order valence-corrected chi connectivity index (χ3v) is 4.15. The van der Waals surface area contributed by atoms with Crippen LogP contribution in [0.5, 0.6) is 0 Å². The molecule has 1 aromatic rings. The number of nitrogens with one attached hydrogen (secondary N) is 2. The Labute approximate surface area is 122 Å². The van der Waals surface area contributed by atoms with Crippen LogP contribution in [0.3, 0.4) is 0 Å². The van der Waals surface area contributed by atoms with Gasteiger partial charge in [0.1, 0.15) is 10.6 Å². The summed E-state index contributed by atoms with van der Waals surface area (Å²) in [5.74, 6) is 1.73. The Hall–Kier alpha value is -0.950. The zero-order chi connectivity index (χ0) is 14.4. The lowest BCUT2D eigenvalue weighted by Gasteiger charge is -2.13. The maximum Gasteiger partial charge on any atom is 0.258 e. The van der Waals surface area contributed by atoms with Gasteiger partial charge in [0.05, 0.1) is 0 Å². The van der Waals surface area contributed by atoms with E-state index in [2.05, 4.69) is 28.2 Å². The van der Waals surface area contributed by atoms with Crippen LogP contribution >= 0.6 is 23.3 Å². The molecular weight excluding hydrogens is 280 g/mol. The Morgan fingerprint density at radius 1 is 1.47 bits per heavy atom. The van der Waals surface area contributed by atoms with E-state index in [1.807, 2.05) is 25.6 Å². The highest BCUT2D eigenvalue weighted by Gasteiger charge is 2.20. The number of nitrogens with zero attached hydrogens (tertiary/aromatic N) is 1. The van der Waals surface area contributed by atoms with Crippen molar-refractivity contribution in [2.24, 2.45) is 5.92 Å². The van der Waals surface area contributed by atoms with Crippen molar-refractivity contribution in [2.45, 2.75) is 26.8 Å². The molecule has 0 saturated heterocycles. The number of aromatic nitrogens is 1. The summed E-state index contributed by atoms with van der Waals surface area (Å²) in [6, 6.07) is 0.0788. The lowest BCUT2D eigenvalue weighted by atomic mass is 10.2. The summed E-state index contributed by atoms with van der Waals surface area (Å²) in [5.41, 5.74) is 6.25. The number of amides is 1. The first-order valence-corrected chi connectivity index (χ1v) is 8.41. The van der Waals surface area contributed by atoms with Gasteiger partial charge in [0.25, 0.3) is 5.91 Å². The van der Waals surface area contributed by atoms with Crippen LogP contribution < -0.4 is 16.4 Å². The van der Waals surface area contributed by atoms with Crippen LogP contribution in [0.1, 0.15) is 31.1 Å². The van der Waals surface area contributed by atoms with Crippen molar-refractivity contribution < 1.29 is 4.79 Å². The number of carbonyl (C=O) groups is 1. The second-order valence-corrected chi connectivity index (χ2v) is 6.53. The summed E-state index contributed by atoms with van der Waals surface area (Å²) >= 11 is 3.05. The molecule has 1 heterocycles. The molecule has 0 aromatic carbocycles. The summed E-state index contributed by atoms with van der Waals surface area (Å²) in [5, 5.41) is 6.87. The average molecular weight is 302 g/mol. The van der Waals surface area contributed by atoms with Gasteiger partial charge >= 0.3 is 0 Å². The topological polar surface area (TPSA) is 80.0 Å². The third kappa shape index (κ3) is 4.91. The lowest BCUT2D eigenvalue weighted by molar-refractivity contribution is 0.0945. The molecule has 4 N–H and O–H groups in total. The first-order valence-electron chi connectivity index (χ1n) is 6.24. The van der Waals surface area contributed by atoms with Crippen molar-refractivity contribution >= 4 is 40.0 Å². The summed E-state index contributed by atoms with van der Waals surface area (Å²) < 4.78 is 4.06. The van der Waals surface area contributed by atoms with Crippen molar-refractivity contribution in [2.75, 3.05) is 29.6 Å². The normalized spacial score (nSPS) is 12.5. The highest BCUT2D eigenvalue weighted by atomic mass is 32.2. The molecule has 0 spiro atoms. The van der Waals surface area contributed by atoms with Crippen LogP contribution in [-0.4, -0.2) is 34.9 Å². The molecule has 0 aliphatic carbocycles. The average Bonchev–Trinajstić information content (AvgIpc) is 2.67. The molecule has 108 valence electrons. The van der Waals surface area contributed by atoms with E-state index in [1.165, 1.54) is 11.5 Å². The Balaban J connectivity index is 2.71. The summed E-state index contributed by atoms with van der Waals surface area (Å²) in [4.78, 5) is 12.1. The van der Waals surface area contributed by atoms with Gasteiger partial charge in [-0.25, -0.2) is 0 Å². The minimum Gasteiger partial charge on any atom is -0.382 e. The van der Waals surface area contributed by atoms with E-state index in [1.54, 1.807) is 0 Å². The van der Waals surface area contributed by atoms with Crippen molar-refractivity contribution in [3.63, 3.8) is 0 Å². The molecule has 1 unspecified atom stereocenters. The van der Waals surface area contributed by atoms with Gasteiger partial charge in [-0.2, -0.15) is 16.1 Å². The van der Waals surface area contributed by atoms with E-state index >= 15 is 0 Å². The summed E-state index contributed by atoms with van der Waals surface area (Å²) in [6.45, 7) is 6.81. The van der Waals surface area contributed by atoms with Crippen LogP contribution in [0.4, 0.5) is 10.8 Å². The van der Waals surface area contributed by atoms with Crippen LogP contribution in [0, 0.1) is 5.92 Å². The van der Waals surface area contributed by atoms with Crippen LogP contribution in [-0.2, 0) is 0 Å². The van der Waals surface area contributed by atoms with Crippen molar-refractivity contribution in [1.82, 2.24) is 9.69 Å². The molecule has 1 aromatic heterocycles. The third-order valence-electron chi connectivity index (χ3n) is 2.43. The van der Waals surface area contributed by atoms with Crippen molar-refractivity contribution in [3.05, 3.63) is 5.56 Å². The number of nitrogens with two attached hydrogens (primary N) is 1. The maximum absolute atomic E-state index is 12.1. The zero-order valence-corrected chi connectivity index (χ0v) is 13.5. The van der Waals surface area contributed by atoms with E-state index in [-0.39, 0.29) is 11.9 Å². The second kappa shape index (κ2) is 7.59. The molecule has 0 fully saturated rings. The monoisotopic (exact) mass is 302 g/mol. The van der Waals surface area contributed by atoms with Gasteiger partial charge in [0.15, 0.2) is 5.82 Å². The molecule has 0 bridgehead atoms. The fraction of sp³-hybridized carbons (Fsp3) is 0.667. The van der Waals surface area contributed by atoms with Gasteiger partial charge in [-0.3, -0.25) is 4.79 Å². The Bertz CT molecular complexity index is 420. The van der Waals surface area contributed by atoms with Crippen molar-refractivity contribution in [1.29, 1.82) is 0 Å². The first kappa shape index (κ1) is 16.1. The summed E-state index contributed by atoms with van der Waals surface area (Å²) in [7, 11) is 0. The molecular formula is C12H22N4OS2. The number of anilines is 2. The number of hydrogen-bond acceptors (Lipinski definition) is 6. The molecule has 7 heteroatoms. The Kier molecular flexibility index (Phi) is 6.44. The minimum absolute atomic E-state index is 0.0788. The molecule has 1 rings (SSSR count). The van der Waals surface area contributed by atoms with Gasteiger partial charge in [-0.05, 0) is 43.3 Å². The van der Waals surface area contributed by atoms with E-state index in [4.69, 9.17) is 5.73 Å². The number of nitrogen functional groups attached to an aromatic ring is 1. The SMILES string of the molecule is CSCC(C)CNc1snc(N)c1C(=O)NC(C)C. The standard InChI is InChI=1S/C12H22N4OS2/c1-7(2)15-11(17)9-10(13)16-19-12(9)14-5-8(3)6-18-4/h7-8,14H,5-6H2,1-4H3,(H2,13,16)(H,15,17). The largest absolute Gasteiger partial charge is 0.382 e. The van der Waals surface area contributed by atoms with Crippen LogP contribution in [0.2, 0.25) is 0 Å². The zero-order valence-electron chi connectivity index (χ0n) is 11.8. The molecule has 1 atom stereocenters. The highest BCUT2D eigenvalue weighted by molar-refractivity contribution is 7.98. The van der Waals surface area contributed by atoms with E-state index in [9.17, 15) is 4.79 Å². The minimum atomic E-state index is -0.165. The van der Waals surface area contributed by atoms with Gasteiger partial charge in [-0.1, -0.05) is 6.92 Å². The van der Waals surface area contributed by atoms with E-state index in [0.717, 1.165) is 17.3 Å². The fourth-order valence-electron chi connectivity index (χ4n) is 1.59. The predicted molar refractivity (Wildman–Crippen MR) is 85.2 cm³/mol. The van der Waals surface area contributed by atoms with E-state index in [0.29, 0.717) is 17.3 Å². The molecule has 19 heavy (non-hydrogen) atoms. The van der Waals surface area contributed by atoms with E-state index < -0.39 is 0 Å². The maximum atomic E-state index is 12.1. The quantitative estimate of drug-likeness (QED) is 0.720. The van der Waals surface area contributed by atoms with Crippen molar-refractivity contribution in [3.8, 4) is 0 Å². The molecule has 0 saturated carbocycles. The summed E-state index contributed by atoms with van der Waals surface area (Å²) in [6.07, 6.45) is 2.09. The molecule has 0 radical (unpaired) electrons. The Morgan fingerprint density at radius 2 is 2.16 bits per heavy atom. The number of thioether (sulfide) groups is 1.